The predicted octanol–water partition coefficient (Wildman–Crippen LogP) is 4.59. The molecule has 0 saturated heterocycles. The number of nitrogens with zero attached hydrogens (tertiary/aromatic N) is 1. The zero-order valence-corrected chi connectivity index (χ0v) is 13.0. The molecule has 0 aliphatic heterocycles. The van der Waals surface area contributed by atoms with Crippen molar-refractivity contribution in [3.05, 3.63) is 96.1 Å². The summed E-state index contributed by atoms with van der Waals surface area (Å²) in [6.45, 7) is 0. The molecule has 3 heteroatoms. The first-order valence-electron chi connectivity index (χ1n) is 7.59. The van der Waals surface area contributed by atoms with Gasteiger partial charge in [0.2, 0.25) is 0 Å². The largest absolute Gasteiger partial charge is 0.388 e. The van der Waals surface area contributed by atoms with Gasteiger partial charge in [-0.2, -0.15) is 5.10 Å². The van der Waals surface area contributed by atoms with E-state index in [0.29, 0.717) is 0 Å². The third kappa shape index (κ3) is 3.77. The Bertz CT molecular complexity index is 739. The molecule has 0 heterocycles. The Labute approximate surface area is 136 Å². The summed E-state index contributed by atoms with van der Waals surface area (Å²) in [7, 11) is 1.90. The maximum Gasteiger partial charge on any atom is 0.0977 e. The quantitative estimate of drug-likeness (QED) is 0.534. The number of hydrogen-bond donors (Lipinski definition) is 2. The molecule has 0 bridgehead atoms. The van der Waals surface area contributed by atoms with Crippen molar-refractivity contribution < 1.29 is 0 Å². The van der Waals surface area contributed by atoms with Crippen LogP contribution in [-0.2, 0) is 0 Å². The van der Waals surface area contributed by atoms with Gasteiger partial charge < -0.3 is 5.32 Å². The Morgan fingerprint density at radius 2 is 1.26 bits per heavy atom. The second kappa shape index (κ2) is 7.27. The van der Waals surface area contributed by atoms with Crippen LogP contribution in [0.3, 0.4) is 0 Å². The maximum absolute atomic E-state index is 4.65. The number of nitrogens with one attached hydrogen (secondary N) is 2. The SMILES string of the molecule is CNc1cccc(NN=C(c2ccccc2)c2ccccc2)c1. The van der Waals surface area contributed by atoms with Crippen LogP contribution in [0.25, 0.3) is 0 Å². The molecule has 0 radical (unpaired) electrons. The molecule has 2 N–H and O–H groups in total. The van der Waals surface area contributed by atoms with Crippen molar-refractivity contribution in [2.24, 2.45) is 5.10 Å². The molecule has 3 nitrogen and oxygen atoms in total. The first-order valence-corrected chi connectivity index (χ1v) is 7.59. The van der Waals surface area contributed by atoms with Crippen LogP contribution in [0.1, 0.15) is 11.1 Å². The van der Waals surface area contributed by atoms with Gasteiger partial charge in [-0.1, -0.05) is 66.7 Å². The van der Waals surface area contributed by atoms with Gasteiger partial charge >= 0.3 is 0 Å². The Morgan fingerprint density at radius 1 is 0.696 bits per heavy atom. The summed E-state index contributed by atoms with van der Waals surface area (Å²) in [4.78, 5) is 0. The highest BCUT2D eigenvalue weighted by molar-refractivity contribution is 6.13. The molecule has 0 atom stereocenters. The number of hydrogen-bond acceptors (Lipinski definition) is 3. The van der Waals surface area contributed by atoms with Crippen molar-refractivity contribution in [2.45, 2.75) is 0 Å². The van der Waals surface area contributed by atoms with E-state index < -0.39 is 0 Å². The first kappa shape index (κ1) is 14.9. The molecule has 0 amide bonds. The number of anilines is 2. The second-order valence-corrected chi connectivity index (χ2v) is 5.14. The van der Waals surface area contributed by atoms with E-state index >= 15 is 0 Å². The van der Waals surface area contributed by atoms with Crippen molar-refractivity contribution >= 4 is 17.1 Å². The van der Waals surface area contributed by atoms with Gasteiger partial charge in [0.05, 0.1) is 11.4 Å². The van der Waals surface area contributed by atoms with Crippen LogP contribution in [0.2, 0.25) is 0 Å². The van der Waals surface area contributed by atoms with Crippen LogP contribution in [0.15, 0.2) is 90.0 Å². The zero-order chi connectivity index (χ0) is 15.9. The normalized spacial score (nSPS) is 9.96. The third-order valence-corrected chi connectivity index (χ3v) is 3.54. The highest BCUT2D eigenvalue weighted by atomic mass is 15.3. The summed E-state index contributed by atoms with van der Waals surface area (Å²) in [5, 5.41) is 7.78. The number of rotatable bonds is 5. The van der Waals surface area contributed by atoms with Crippen molar-refractivity contribution in [3.63, 3.8) is 0 Å². The molecule has 0 fully saturated rings. The molecule has 0 aliphatic rings. The van der Waals surface area contributed by atoms with Crippen LogP contribution in [0, 0.1) is 0 Å². The second-order valence-electron chi connectivity index (χ2n) is 5.14. The minimum absolute atomic E-state index is 0.918. The standard InChI is InChI=1S/C20H19N3/c1-21-18-13-8-14-19(15-18)22-23-20(16-9-4-2-5-10-16)17-11-6-3-7-12-17/h2-15,21-22H,1H3. The maximum atomic E-state index is 4.65. The monoisotopic (exact) mass is 301 g/mol. The Hall–Kier alpha value is -3.07. The smallest absolute Gasteiger partial charge is 0.0977 e. The van der Waals surface area contributed by atoms with E-state index in [0.717, 1.165) is 28.2 Å². The van der Waals surface area contributed by atoms with E-state index in [4.69, 9.17) is 0 Å². The van der Waals surface area contributed by atoms with Gasteiger partial charge in [-0.15, -0.1) is 0 Å². The predicted molar refractivity (Wildman–Crippen MR) is 98.1 cm³/mol. The van der Waals surface area contributed by atoms with E-state index in [9.17, 15) is 0 Å². The summed E-state index contributed by atoms with van der Waals surface area (Å²) < 4.78 is 0. The molecule has 0 spiro atoms. The minimum Gasteiger partial charge on any atom is -0.388 e. The van der Waals surface area contributed by atoms with Crippen molar-refractivity contribution in [1.29, 1.82) is 0 Å². The fourth-order valence-corrected chi connectivity index (χ4v) is 2.35. The van der Waals surface area contributed by atoms with E-state index in [1.165, 1.54) is 0 Å². The summed E-state index contributed by atoms with van der Waals surface area (Å²) in [5.41, 5.74) is 8.23. The first-order chi connectivity index (χ1) is 11.4. The van der Waals surface area contributed by atoms with Crippen LogP contribution in [0.4, 0.5) is 11.4 Å². The lowest BCUT2D eigenvalue weighted by Gasteiger charge is -2.09. The van der Waals surface area contributed by atoms with Gasteiger partial charge in [0, 0.05) is 23.9 Å². The van der Waals surface area contributed by atoms with Crippen molar-refractivity contribution in [2.75, 3.05) is 17.8 Å². The average molecular weight is 301 g/mol. The lowest BCUT2D eigenvalue weighted by molar-refractivity contribution is 1.32. The van der Waals surface area contributed by atoms with E-state index in [1.807, 2.05) is 67.7 Å². The lowest BCUT2D eigenvalue weighted by atomic mass is 10.0. The Kier molecular flexibility index (Phi) is 4.69. The molecule has 0 unspecified atom stereocenters. The van der Waals surface area contributed by atoms with E-state index in [-0.39, 0.29) is 0 Å². The number of benzene rings is 3. The molecule has 114 valence electrons. The molecular weight excluding hydrogens is 282 g/mol. The summed E-state index contributed by atoms with van der Waals surface area (Å²) in [6.07, 6.45) is 0. The van der Waals surface area contributed by atoms with Crippen molar-refractivity contribution in [3.8, 4) is 0 Å². The zero-order valence-electron chi connectivity index (χ0n) is 13.0. The molecule has 0 saturated carbocycles. The van der Waals surface area contributed by atoms with Gasteiger partial charge in [0.25, 0.3) is 0 Å². The summed E-state index contributed by atoms with van der Waals surface area (Å²) in [5.74, 6) is 0. The minimum atomic E-state index is 0.918. The Balaban J connectivity index is 1.95. The van der Waals surface area contributed by atoms with Gasteiger partial charge in [-0.05, 0) is 18.2 Å². The molecule has 3 aromatic carbocycles. The van der Waals surface area contributed by atoms with Gasteiger partial charge in [0.1, 0.15) is 0 Å². The van der Waals surface area contributed by atoms with Gasteiger partial charge in [-0.25, -0.2) is 0 Å². The molecule has 3 rings (SSSR count). The van der Waals surface area contributed by atoms with E-state index in [1.54, 1.807) is 0 Å². The molecular formula is C20H19N3. The molecule has 0 aromatic heterocycles. The fourth-order valence-electron chi connectivity index (χ4n) is 2.35. The topological polar surface area (TPSA) is 36.4 Å². The highest BCUT2D eigenvalue weighted by Crippen LogP contribution is 2.16. The lowest BCUT2D eigenvalue weighted by Crippen LogP contribution is -2.06. The van der Waals surface area contributed by atoms with Crippen LogP contribution < -0.4 is 10.7 Å². The van der Waals surface area contributed by atoms with E-state index in [2.05, 4.69) is 40.1 Å². The highest BCUT2D eigenvalue weighted by Gasteiger charge is 2.06. The molecule has 0 aliphatic carbocycles. The number of hydrazone groups is 1. The summed E-state index contributed by atoms with van der Waals surface area (Å²) >= 11 is 0. The van der Waals surface area contributed by atoms with Crippen molar-refractivity contribution in [1.82, 2.24) is 0 Å². The van der Waals surface area contributed by atoms with Crippen LogP contribution in [-0.4, -0.2) is 12.8 Å². The van der Waals surface area contributed by atoms with Crippen LogP contribution in [0.5, 0.6) is 0 Å². The Morgan fingerprint density at radius 3 is 1.83 bits per heavy atom. The molecule has 23 heavy (non-hydrogen) atoms. The third-order valence-electron chi connectivity index (χ3n) is 3.54. The van der Waals surface area contributed by atoms with Gasteiger partial charge in [0.15, 0.2) is 0 Å². The van der Waals surface area contributed by atoms with Gasteiger partial charge in [-0.3, -0.25) is 5.43 Å². The fraction of sp³-hybridized carbons (Fsp3) is 0.0500. The average Bonchev–Trinajstić information content (AvgIpc) is 2.64. The summed E-state index contributed by atoms with van der Waals surface area (Å²) in [6, 6.07) is 28.4. The van der Waals surface area contributed by atoms with Crippen LogP contribution >= 0.6 is 0 Å². The molecule has 3 aromatic rings.